The summed E-state index contributed by atoms with van der Waals surface area (Å²) in [5, 5.41) is 0. The van der Waals surface area contributed by atoms with Crippen molar-refractivity contribution in [3.05, 3.63) is 65.2 Å². The second-order valence-corrected chi connectivity index (χ2v) is 6.18. The molecule has 2 aromatic rings. The van der Waals surface area contributed by atoms with Gasteiger partial charge in [0, 0.05) is 6.42 Å². The number of aryl methyl sites for hydroxylation is 2. The van der Waals surface area contributed by atoms with Crippen LogP contribution >= 0.6 is 0 Å². The van der Waals surface area contributed by atoms with Crippen molar-refractivity contribution < 1.29 is 14.2 Å². The first-order valence-electron chi connectivity index (χ1n) is 8.67. The number of hydrogen-bond donors (Lipinski definition) is 0. The number of methoxy groups -OCH3 is 1. The molecule has 0 atom stereocenters. The van der Waals surface area contributed by atoms with E-state index in [9.17, 15) is 0 Å². The summed E-state index contributed by atoms with van der Waals surface area (Å²) in [4.78, 5) is 0. The van der Waals surface area contributed by atoms with Crippen LogP contribution in [0.1, 0.15) is 28.7 Å². The molecule has 0 amide bonds. The Morgan fingerprint density at radius 1 is 0.920 bits per heavy atom. The minimum atomic E-state index is 0.584. The summed E-state index contributed by atoms with van der Waals surface area (Å²) in [6, 6.07) is 10.2. The summed E-state index contributed by atoms with van der Waals surface area (Å²) in [6.07, 6.45) is 3.51. The monoisotopic (exact) mass is 340 g/mol. The molecular weight excluding hydrogens is 312 g/mol. The molecule has 3 nitrogen and oxygen atoms in total. The van der Waals surface area contributed by atoms with Crippen molar-refractivity contribution in [3.63, 3.8) is 0 Å². The van der Waals surface area contributed by atoms with Gasteiger partial charge in [-0.05, 0) is 61.6 Å². The van der Waals surface area contributed by atoms with Gasteiger partial charge in [-0.2, -0.15) is 0 Å². The van der Waals surface area contributed by atoms with E-state index in [0.717, 1.165) is 35.7 Å². The van der Waals surface area contributed by atoms with E-state index in [4.69, 9.17) is 14.2 Å². The fourth-order valence-corrected chi connectivity index (χ4v) is 2.69. The smallest absolute Gasteiger partial charge is 0.161 e. The van der Waals surface area contributed by atoms with Crippen LogP contribution in [0.25, 0.3) is 0 Å². The van der Waals surface area contributed by atoms with Crippen LogP contribution in [0.4, 0.5) is 0 Å². The normalized spacial score (nSPS) is 10.4. The molecule has 0 saturated carbocycles. The number of hydrogen-bond acceptors (Lipinski definition) is 3. The van der Waals surface area contributed by atoms with E-state index in [2.05, 4.69) is 39.5 Å². The van der Waals surface area contributed by atoms with Crippen LogP contribution in [-0.4, -0.2) is 20.3 Å². The van der Waals surface area contributed by atoms with Gasteiger partial charge >= 0.3 is 0 Å². The van der Waals surface area contributed by atoms with Crippen LogP contribution in [-0.2, 0) is 6.42 Å². The van der Waals surface area contributed by atoms with Gasteiger partial charge in [-0.3, -0.25) is 0 Å². The van der Waals surface area contributed by atoms with Crippen LogP contribution in [0.15, 0.2) is 43.0 Å². The molecule has 0 N–H and O–H groups in total. The van der Waals surface area contributed by atoms with Crippen molar-refractivity contribution in [2.75, 3.05) is 20.3 Å². The van der Waals surface area contributed by atoms with Crippen molar-refractivity contribution in [2.45, 2.75) is 33.6 Å². The van der Waals surface area contributed by atoms with E-state index in [-0.39, 0.29) is 0 Å². The topological polar surface area (TPSA) is 27.7 Å². The van der Waals surface area contributed by atoms with Crippen molar-refractivity contribution in [2.24, 2.45) is 0 Å². The number of ether oxygens (including phenoxy) is 3. The molecule has 0 fully saturated rings. The predicted octanol–water partition coefficient (Wildman–Crippen LogP) is 5.20. The zero-order valence-corrected chi connectivity index (χ0v) is 15.7. The quantitative estimate of drug-likeness (QED) is 0.464. The summed E-state index contributed by atoms with van der Waals surface area (Å²) in [5.74, 6) is 2.51. The van der Waals surface area contributed by atoms with Crippen LogP contribution < -0.4 is 14.2 Å². The van der Waals surface area contributed by atoms with Gasteiger partial charge in [0.1, 0.15) is 5.75 Å². The molecule has 0 aliphatic rings. The Morgan fingerprint density at radius 2 is 1.64 bits per heavy atom. The number of allylic oxidation sites excluding steroid dienone is 1. The predicted molar refractivity (Wildman–Crippen MR) is 103 cm³/mol. The Bertz CT molecular complexity index is 719. The number of rotatable bonds is 9. The molecule has 0 aromatic heterocycles. The van der Waals surface area contributed by atoms with Gasteiger partial charge < -0.3 is 14.2 Å². The molecule has 2 aromatic carbocycles. The SMILES string of the molecule is C=CCc1ccc(OCCCOc2c(C)ccc(C)c2C)c(OC)c1. The fourth-order valence-electron chi connectivity index (χ4n) is 2.69. The zero-order valence-electron chi connectivity index (χ0n) is 15.7. The standard InChI is InChI=1S/C22H28O3/c1-6-8-19-11-12-20(21(15-19)23-5)24-13-7-14-25-22-17(3)10-9-16(2)18(22)4/h6,9-12,15H,1,7-8,13-14H2,2-5H3. The summed E-state index contributed by atoms with van der Waals surface area (Å²) in [5.41, 5.74) is 4.79. The first-order chi connectivity index (χ1) is 12.1. The van der Waals surface area contributed by atoms with E-state index in [0.29, 0.717) is 13.2 Å². The highest BCUT2D eigenvalue weighted by Crippen LogP contribution is 2.29. The lowest BCUT2D eigenvalue weighted by atomic mass is 10.1. The molecule has 25 heavy (non-hydrogen) atoms. The molecule has 3 heteroatoms. The second-order valence-electron chi connectivity index (χ2n) is 6.18. The minimum absolute atomic E-state index is 0.584. The number of benzene rings is 2. The largest absolute Gasteiger partial charge is 0.493 e. The third-order valence-electron chi connectivity index (χ3n) is 4.27. The van der Waals surface area contributed by atoms with E-state index in [1.165, 1.54) is 16.7 Å². The molecule has 0 saturated heterocycles. The molecule has 0 spiro atoms. The summed E-state index contributed by atoms with van der Waals surface area (Å²) in [7, 11) is 1.66. The Morgan fingerprint density at radius 3 is 2.36 bits per heavy atom. The second kappa shape index (κ2) is 9.16. The summed E-state index contributed by atoms with van der Waals surface area (Å²) >= 11 is 0. The Hall–Kier alpha value is -2.42. The highest BCUT2D eigenvalue weighted by molar-refractivity contribution is 5.45. The van der Waals surface area contributed by atoms with Crippen LogP contribution in [0.5, 0.6) is 17.2 Å². The van der Waals surface area contributed by atoms with E-state index in [1.807, 2.05) is 24.3 Å². The third-order valence-corrected chi connectivity index (χ3v) is 4.27. The van der Waals surface area contributed by atoms with E-state index < -0.39 is 0 Å². The van der Waals surface area contributed by atoms with Gasteiger partial charge in [-0.25, -0.2) is 0 Å². The van der Waals surface area contributed by atoms with Gasteiger partial charge in [0.15, 0.2) is 11.5 Å². The average Bonchev–Trinajstić information content (AvgIpc) is 2.61. The maximum absolute atomic E-state index is 5.97. The maximum atomic E-state index is 5.97. The first kappa shape index (κ1) is 18.9. The van der Waals surface area contributed by atoms with Crippen LogP contribution in [0.2, 0.25) is 0 Å². The highest BCUT2D eigenvalue weighted by atomic mass is 16.5. The molecule has 0 heterocycles. The lowest BCUT2D eigenvalue weighted by Gasteiger charge is -2.15. The molecule has 0 aliphatic heterocycles. The van der Waals surface area contributed by atoms with Gasteiger partial charge in [-0.1, -0.05) is 24.3 Å². The lowest BCUT2D eigenvalue weighted by Crippen LogP contribution is -2.07. The molecule has 2 rings (SSSR count). The van der Waals surface area contributed by atoms with Gasteiger partial charge in [0.2, 0.25) is 0 Å². The molecule has 0 aliphatic carbocycles. The first-order valence-corrected chi connectivity index (χ1v) is 8.67. The molecule has 0 bridgehead atoms. The molecule has 0 unspecified atom stereocenters. The van der Waals surface area contributed by atoms with Crippen LogP contribution in [0, 0.1) is 20.8 Å². The molecule has 0 radical (unpaired) electrons. The third kappa shape index (κ3) is 5.02. The fraction of sp³-hybridized carbons (Fsp3) is 0.364. The van der Waals surface area contributed by atoms with Crippen molar-refractivity contribution >= 4 is 0 Å². The zero-order chi connectivity index (χ0) is 18.2. The van der Waals surface area contributed by atoms with Gasteiger partial charge in [-0.15, -0.1) is 6.58 Å². The minimum Gasteiger partial charge on any atom is -0.493 e. The summed E-state index contributed by atoms with van der Waals surface area (Å²) < 4.78 is 17.2. The maximum Gasteiger partial charge on any atom is 0.161 e. The van der Waals surface area contributed by atoms with Gasteiger partial charge in [0.05, 0.1) is 20.3 Å². The Kier molecular flexibility index (Phi) is 6.93. The average molecular weight is 340 g/mol. The Balaban J connectivity index is 1.86. The molecule has 134 valence electrons. The lowest BCUT2D eigenvalue weighted by molar-refractivity contribution is 0.239. The van der Waals surface area contributed by atoms with E-state index >= 15 is 0 Å². The van der Waals surface area contributed by atoms with Crippen molar-refractivity contribution in [1.29, 1.82) is 0 Å². The summed E-state index contributed by atoms with van der Waals surface area (Å²) in [6.45, 7) is 11.3. The van der Waals surface area contributed by atoms with Crippen molar-refractivity contribution in [3.8, 4) is 17.2 Å². The Labute approximate surface area is 151 Å². The van der Waals surface area contributed by atoms with Crippen molar-refractivity contribution in [1.82, 2.24) is 0 Å². The van der Waals surface area contributed by atoms with E-state index in [1.54, 1.807) is 7.11 Å². The van der Waals surface area contributed by atoms with Gasteiger partial charge in [0.25, 0.3) is 0 Å². The highest BCUT2D eigenvalue weighted by Gasteiger charge is 2.07. The molecular formula is C22H28O3. The van der Waals surface area contributed by atoms with Crippen LogP contribution in [0.3, 0.4) is 0 Å².